The molecule has 0 saturated carbocycles. The lowest BCUT2D eigenvalue weighted by atomic mass is 9.83. The zero-order chi connectivity index (χ0) is 17.4. The van der Waals surface area contributed by atoms with Crippen LogP contribution in [0.5, 0.6) is 0 Å². The Kier molecular flexibility index (Phi) is 7.24. The van der Waals surface area contributed by atoms with E-state index in [1.807, 2.05) is 0 Å². The number of nitrogens with zero attached hydrogens (tertiary/aromatic N) is 1. The van der Waals surface area contributed by atoms with E-state index in [9.17, 15) is 0 Å². The highest BCUT2D eigenvalue weighted by Crippen LogP contribution is 2.25. The highest BCUT2D eigenvalue weighted by molar-refractivity contribution is 6.19. The first-order valence-electron chi connectivity index (χ1n) is 9.38. The van der Waals surface area contributed by atoms with Crippen molar-refractivity contribution in [2.24, 2.45) is 10.9 Å². The molecule has 1 aromatic carbocycles. The van der Waals surface area contributed by atoms with Gasteiger partial charge in [-0.05, 0) is 61.0 Å². The van der Waals surface area contributed by atoms with Gasteiger partial charge in [-0.25, -0.2) is 0 Å². The number of benzene rings is 1. The van der Waals surface area contributed by atoms with Crippen LogP contribution in [0.25, 0.3) is 11.6 Å². The molecule has 0 radical (unpaired) electrons. The molecule has 1 aromatic rings. The summed E-state index contributed by atoms with van der Waals surface area (Å²) in [5, 5.41) is 2.74. The van der Waals surface area contributed by atoms with E-state index in [0.29, 0.717) is 5.92 Å². The van der Waals surface area contributed by atoms with Gasteiger partial charge in [0.25, 0.3) is 0 Å². The van der Waals surface area contributed by atoms with Crippen molar-refractivity contribution >= 4 is 17.4 Å². The summed E-state index contributed by atoms with van der Waals surface area (Å²) < 4.78 is 0. The molecule has 0 bridgehead atoms. The summed E-state index contributed by atoms with van der Waals surface area (Å²) in [5.74, 6) is 0.539. The van der Waals surface area contributed by atoms with E-state index in [1.165, 1.54) is 27.3 Å². The van der Waals surface area contributed by atoms with Crippen LogP contribution in [0.3, 0.4) is 0 Å². The maximum Gasteiger partial charge on any atom is 0.0442 e. The topological polar surface area (TPSA) is 12.4 Å². The predicted octanol–water partition coefficient (Wildman–Crippen LogP) is 5.16. The van der Waals surface area contributed by atoms with Gasteiger partial charge in [0.2, 0.25) is 0 Å². The smallest absolute Gasteiger partial charge is 0.0442 e. The van der Waals surface area contributed by atoms with Crippen LogP contribution in [0.2, 0.25) is 0 Å². The Balaban J connectivity index is 2.55. The Morgan fingerprint density at radius 1 is 1.12 bits per heavy atom. The van der Waals surface area contributed by atoms with Gasteiger partial charge >= 0.3 is 0 Å². The Morgan fingerprint density at radius 2 is 1.92 bits per heavy atom. The van der Waals surface area contributed by atoms with Crippen LogP contribution in [-0.4, -0.2) is 5.71 Å². The van der Waals surface area contributed by atoms with E-state index < -0.39 is 0 Å². The molecular formula is C23H31N. The summed E-state index contributed by atoms with van der Waals surface area (Å²) in [5.41, 5.74) is 4.04. The first kappa shape index (κ1) is 18.4. The van der Waals surface area contributed by atoms with Gasteiger partial charge in [-0.15, -0.1) is 0 Å². The second-order valence-electron chi connectivity index (χ2n) is 6.51. The Hall–Kier alpha value is -1.89. The van der Waals surface area contributed by atoms with Crippen molar-refractivity contribution < 1.29 is 0 Å². The van der Waals surface area contributed by atoms with Gasteiger partial charge in [0.15, 0.2) is 0 Å². The first-order valence-corrected chi connectivity index (χ1v) is 9.38. The van der Waals surface area contributed by atoms with Crippen molar-refractivity contribution in [3.05, 3.63) is 58.6 Å². The third-order valence-corrected chi connectivity index (χ3v) is 4.75. The van der Waals surface area contributed by atoms with Crippen molar-refractivity contribution in [2.45, 2.75) is 59.8 Å². The highest BCUT2D eigenvalue weighted by atomic mass is 14.7. The normalized spacial score (nSPS) is 18.7. The summed E-state index contributed by atoms with van der Waals surface area (Å²) in [6.07, 6.45) is 14.4. The fourth-order valence-electron chi connectivity index (χ4n) is 3.19. The SMILES string of the molecule is CCC=CCC1CC=c2ccccc2=C1/C(CC)=N/C=C(/C)CC. The lowest BCUT2D eigenvalue weighted by molar-refractivity contribution is 0.707. The molecule has 1 atom stereocenters. The van der Waals surface area contributed by atoms with Gasteiger partial charge in [0, 0.05) is 11.9 Å². The van der Waals surface area contributed by atoms with Gasteiger partial charge in [0.1, 0.15) is 0 Å². The fourth-order valence-corrected chi connectivity index (χ4v) is 3.19. The van der Waals surface area contributed by atoms with Crippen LogP contribution in [0.1, 0.15) is 59.8 Å². The highest BCUT2D eigenvalue weighted by Gasteiger charge is 2.20. The first-order chi connectivity index (χ1) is 11.7. The molecule has 0 aliphatic heterocycles. The lowest BCUT2D eigenvalue weighted by Gasteiger charge is -2.22. The fraction of sp³-hybridized carbons (Fsp3) is 0.435. The standard InChI is InChI=1S/C23H31N/c1-5-8-9-13-20-16-15-19-12-10-11-14-21(19)23(20)22(7-3)24-17-18(4)6-2/h8-12,14-15,17,20H,5-7,13,16H2,1-4H3/b9-8?,18-17-,24-22+. The third kappa shape index (κ3) is 4.56. The number of rotatable bonds is 7. The minimum Gasteiger partial charge on any atom is -0.261 e. The minimum absolute atomic E-state index is 0.539. The molecule has 1 unspecified atom stereocenters. The van der Waals surface area contributed by atoms with Crippen molar-refractivity contribution in [3.8, 4) is 0 Å². The minimum atomic E-state index is 0.539. The van der Waals surface area contributed by atoms with E-state index in [4.69, 9.17) is 4.99 Å². The molecule has 0 aromatic heterocycles. The van der Waals surface area contributed by atoms with Gasteiger partial charge in [-0.3, -0.25) is 4.99 Å². The van der Waals surface area contributed by atoms with E-state index in [-0.39, 0.29) is 0 Å². The maximum atomic E-state index is 4.89. The number of hydrogen-bond donors (Lipinski definition) is 0. The van der Waals surface area contributed by atoms with Gasteiger partial charge < -0.3 is 0 Å². The van der Waals surface area contributed by atoms with Gasteiger partial charge in [-0.1, -0.05) is 68.8 Å². The van der Waals surface area contributed by atoms with Crippen molar-refractivity contribution in [2.75, 3.05) is 0 Å². The Morgan fingerprint density at radius 3 is 2.62 bits per heavy atom. The molecule has 0 fully saturated rings. The molecule has 1 nitrogen and oxygen atoms in total. The summed E-state index contributed by atoms with van der Waals surface area (Å²) in [7, 11) is 0. The molecule has 1 aliphatic carbocycles. The maximum absolute atomic E-state index is 4.89. The monoisotopic (exact) mass is 321 g/mol. The zero-order valence-electron chi connectivity index (χ0n) is 15.7. The molecule has 1 aliphatic rings. The molecule has 0 heterocycles. The number of aliphatic imine (C=N–C) groups is 1. The molecule has 0 saturated heterocycles. The van der Waals surface area contributed by atoms with Crippen LogP contribution in [0.15, 0.2) is 53.2 Å². The van der Waals surface area contributed by atoms with Crippen LogP contribution in [0, 0.1) is 5.92 Å². The second kappa shape index (κ2) is 9.42. The molecule has 1 heteroatoms. The van der Waals surface area contributed by atoms with Crippen molar-refractivity contribution in [1.82, 2.24) is 0 Å². The van der Waals surface area contributed by atoms with Crippen LogP contribution >= 0.6 is 0 Å². The Bertz CT molecular complexity index is 746. The summed E-state index contributed by atoms with van der Waals surface area (Å²) in [6.45, 7) is 8.76. The second-order valence-corrected chi connectivity index (χ2v) is 6.51. The van der Waals surface area contributed by atoms with Crippen LogP contribution < -0.4 is 10.4 Å². The van der Waals surface area contributed by atoms with Gasteiger partial charge in [0.05, 0.1) is 0 Å². The quantitative estimate of drug-likeness (QED) is 0.486. The van der Waals surface area contributed by atoms with Crippen LogP contribution in [0.4, 0.5) is 0 Å². The molecule has 24 heavy (non-hydrogen) atoms. The van der Waals surface area contributed by atoms with Crippen molar-refractivity contribution in [3.63, 3.8) is 0 Å². The van der Waals surface area contributed by atoms with E-state index >= 15 is 0 Å². The Labute approximate surface area is 147 Å². The largest absolute Gasteiger partial charge is 0.261 e. The zero-order valence-corrected chi connectivity index (χ0v) is 15.7. The molecule has 2 rings (SSSR count). The lowest BCUT2D eigenvalue weighted by Crippen LogP contribution is -2.35. The molecule has 0 spiro atoms. The summed E-state index contributed by atoms with van der Waals surface area (Å²) in [6, 6.07) is 8.78. The van der Waals surface area contributed by atoms with E-state index in [2.05, 4.69) is 76.4 Å². The average molecular weight is 322 g/mol. The summed E-state index contributed by atoms with van der Waals surface area (Å²) >= 11 is 0. The third-order valence-electron chi connectivity index (χ3n) is 4.75. The predicted molar refractivity (Wildman–Crippen MR) is 107 cm³/mol. The van der Waals surface area contributed by atoms with Crippen molar-refractivity contribution in [1.29, 1.82) is 0 Å². The molecule has 0 amide bonds. The van der Waals surface area contributed by atoms with Crippen LogP contribution in [-0.2, 0) is 0 Å². The molecular weight excluding hydrogens is 290 g/mol. The number of hydrogen-bond acceptors (Lipinski definition) is 1. The number of allylic oxidation sites excluding steroid dienone is 3. The number of fused-ring (bicyclic) bond motifs is 1. The summed E-state index contributed by atoms with van der Waals surface area (Å²) in [4.78, 5) is 4.89. The average Bonchev–Trinajstić information content (AvgIpc) is 2.63. The molecule has 128 valence electrons. The molecule has 0 N–H and O–H groups in total. The van der Waals surface area contributed by atoms with Gasteiger partial charge in [-0.2, -0.15) is 0 Å². The van der Waals surface area contributed by atoms with E-state index in [0.717, 1.165) is 32.1 Å². The van der Waals surface area contributed by atoms with E-state index in [1.54, 1.807) is 0 Å².